The van der Waals surface area contributed by atoms with Crippen LogP contribution >= 0.6 is 0 Å². The second-order valence-corrected chi connectivity index (χ2v) is 5.41. The van der Waals surface area contributed by atoms with Crippen LogP contribution in [0.25, 0.3) is 0 Å². The summed E-state index contributed by atoms with van der Waals surface area (Å²) in [6.45, 7) is 4.82. The topological polar surface area (TPSA) is 89.5 Å². The Morgan fingerprint density at radius 1 is 1.50 bits per heavy atom. The summed E-state index contributed by atoms with van der Waals surface area (Å²) in [4.78, 5) is 24.8. The Hall–Kier alpha value is -1.95. The number of benzene rings is 1. The number of carbonyl (C=O) groups excluding carboxylic acids is 1. The minimum Gasteiger partial charge on any atom is -0.338 e. The van der Waals surface area contributed by atoms with E-state index in [0.717, 1.165) is 6.42 Å². The number of carbonyl (C=O) groups is 1. The predicted octanol–water partition coefficient (Wildman–Crippen LogP) is 1.71. The number of amides is 1. The third kappa shape index (κ3) is 2.65. The maximum absolute atomic E-state index is 12.6. The lowest BCUT2D eigenvalue weighted by Gasteiger charge is -2.35. The van der Waals surface area contributed by atoms with Crippen molar-refractivity contribution in [1.82, 2.24) is 4.90 Å². The average Bonchev–Trinajstić information content (AvgIpc) is 2.40. The minimum absolute atomic E-state index is 0.0888. The molecule has 1 fully saturated rings. The SMILES string of the molecule is Cc1cccc([N+](=O)[O-])c1C(=O)N1CCC(N)C(C)C1. The third-order valence-corrected chi connectivity index (χ3v) is 3.92. The van der Waals surface area contributed by atoms with Gasteiger partial charge in [-0.25, -0.2) is 0 Å². The van der Waals surface area contributed by atoms with Crippen molar-refractivity contribution >= 4 is 11.6 Å². The first kappa shape index (κ1) is 14.5. The van der Waals surface area contributed by atoms with Crippen molar-refractivity contribution < 1.29 is 9.72 Å². The number of nitro benzene ring substituents is 1. The van der Waals surface area contributed by atoms with Gasteiger partial charge in [-0.15, -0.1) is 0 Å². The van der Waals surface area contributed by atoms with Crippen LogP contribution in [0.4, 0.5) is 5.69 Å². The van der Waals surface area contributed by atoms with Crippen LogP contribution < -0.4 is 5.73 Å². The van der Waals surface area contributed by atoms with E-state index in [1.54, 1.807) is 24.0 Å². The van der Waals surface area contributed by atoms with Crippen LogP contribution in [0.5, 0.6) is 0 Å². The van der Waals surface area contributed by atoms with Gasteiger partial charge in [0.25, 0.3) is 11.6 Å². The van der Waals surface area contributed by atoms with Crippen molar-refractivity contribution in [3.63, 3.8) is 0 Å². The molecule has 1 amide bonds. The van der Waals surface area contributed by atoms with Gasteiger partial charge in [-0.3, -0.25) is 14.9 Å². The van der Waals surface area contributed by atoms with Crippen LogP contribution in [-0.2, 0) is 0 Å². The van der Waals surface area contributed by atoms with Crippen LogP contribution in [0.3, 0.4) is 0 Å². The first-order valence-corrected chi connectivity index (χ1v) is 6.70. The summed E-state index contributed by atoms with van der Waals surface area (Å²) in [6, 6.07) is 4.78. The smallest absolute Gasteiger partial charge is 0.282 e. The van der Waals surface area contributed by atoms with Crippen molar-refractivity contribution in [2.45, 2.75) is 26.3 Å². The van der Waals surface area contributed by atoms with E-state index in [1.165, 1.54) is 6.07 Å². The number of hydrogen-bond donors (Lipinski definition) is 1. The standard InChI is InChI=1S/C14H19N3O3/c1-9-4-3-5-12(17(19)20)13(9)14(18)16-7-6-11(15)10(2)8-16/h3-5,10-11H,6-8,15H2,1-2H3. The van der Waals surface area contributed by atoms with E-state index in [2.05, 4.69) is 0 Å². The largest absolute Gasteiger partial charge is 0.338 e. The van der Waals surface area contributed by atoms with Gasteiger partial charge in [0.2, 0.25) is 0 Å². The Bertz CT molecular complexity index is 544. The van der Waals surface area contributed by atoms with Gasteiger partial charge < -0.3 is 10.6 Å². The fourth-order valence-corrected chi connectivity index (χ4v) is 2.59. The number of aryl methyl sites for hydroxylation is 1. The summed E-state index contributed by atoms with van der Waals surface area (Å²) in [6.07, 6.45) is 0.729. The van der Waals surface area contributed by atoms with Crippen LogP contribution in [0, 0.1) is 23.0 Å². The molecule has 0 aromatic heterocycles. The van der Waals surface area contributed by atoms with E-state index < -0.39 is 4.92 Å². The van der Waals surface area contributed by atoms with Crippen LogP contribution in [0.2, 0.25) is 0 Å². The summed E-state index contributed by atoms with van der Waals surface area (Å²) in [5.41, 5.74) is 6.64. The van der Waals surface area contributed by atoms with E-state index >= 15 is 0 Å². The average molecular weight is 277 g/mol. The number of nitrogens with two attached hydrogens (primary N) is 1. The molecule has 6 nitrogen and oxygen atoms in total. The zero-order chi connectivity index (χ0) is 14.9. The molecule has 1 aliphatic heterocycles. The summed E-state index contributed by atoms with van der Waals surface area (Å²) in [7, 11) is 0. The van der Waals surface area contributed by atoms with Gasteiger partial charge in [0.05, 0.1) is 4.92 Å². The molecule has 108 valence electrons. The molecule has 0 spiro atoms. The highest BCUT2D eigenvalue weighted by Gasteiger charge is 2.31. The highest BCUT2D eigenvalue weighted by molar-refractivity contribution is 5.99. The predicted molar refractivity (Wildman–Crippen MR) is 75.5 cm³/mol. The third-order valence-electron chi connectivity index (χ3n) is 3.92. The first-order valence-electron chi connectivity index (χ1n) is 6.70. The monoisotopic (exact) mass is 277 g/mol. The molecule has 1 saturated heterocycles. The van der Waals surface area contributed by atoms with Gasteiger partial charge in [0.1, 0.15) is 5.56 Å². The number of nitrogens with zero attached hydrogens (tertiary/aromatic N) is 2. The maximum atomic E-state index is 12.6. The lowest BCUT2D eigenvalue weighted by Crippen LogP contribution is -2.48. The van der Waals surface area contributed by atoms with E-state index in [1.807, 2.05) is 6.92 Å². The Morgan fingerprint density at radius 3 is 2.80 bits per heavy atom. The summed E-state index contributed by atoms with van der Waals surface area (Å²) in [5, 5.41) is 11.1. The van der Waals surface area contributed by atoms with Crippen molar-refractivity contribution in [3.8, 4) is 0 Å². The highest BCUT2D eigenvalue weighted by atomic mass is 16.6. The van der Waals surface area contributed by atoms with Crippen LogP contribution in [0.15, 0.2) is 18.2 Å². The van der Waals surface area contributed by atoms with Gasteiger partial charge in [-0.2, -0.15) is 0 Å². The summed E-state index contributed by atoms with van der Waals surface area (Å²) < 4.78 is 0. The molecule has 2 unspecified atom stereocenters. The molecule has 0 saturated carbocycles. The molecule has 0 bridgehead atoms. The molecule has 1 aliphatic rings. The van der Waals surface area contributed by atoms with E-state index in [-0.39, 0.29) is 29.1 Å². The van der Waals surface area contributed by atoms with E-state index in [4.69, 9.17) is 5.73 Å². The first-order chi connectivity index (χ1) is 9.41. The van der Waals surface area contributed by atoms with Crippen molar-refractivity contribution in [2.24, 2.45) is 11.7 Å². The molecule has 2 rings (SSSR count). The summed E-state index contributed by atoms with van der Waals surface area (Å²) >= 11 is 0. The van der Waals surface area contributed by atoms with Crippen molar-refractivity contribution in [1.29, 1.82) is 0 Å². The number of rotatable bonds is 2. The lowest BCUT2D eigenvalue weighted by molar-refractivity contribution is -0.385. The maximum Gasteiger partial charge on any atom is 0.282 e. The molecule has 2 N–H and O–H groups in total. The van der Waals surface area contributed by atoms with Gasteiger partial charge in [0, 0.05) is 25.2 Å². The Morgan fingerprint density at radius 2 is 2.20 bits per heavy atom. The van der Waals surface area contributed by atoms with Gasteiger partial charge in [0.15, 0.2) is 0 Å². The molecule has 2 atom stereocenters. The number of nitro groups is 1. The Labute approximate surface area is 117 Å². The molecular formula is C14H19N3O3. The normalized spacial score (nSPS) is 22.6. The van der Waals surface area contributed by atoms with E-state index in [9.17, 15) is 14.9 Å². The van der Waals surface area contributed by atoms with E-state index in [0.29, 0.717) is 18.7 Å². The van der Waals surface area contributed by atoms with Gasteiger partial charge in [-0.05, 0) is 24.8 Å². The van der Waals surface area contributed by atoms with Crippen LogP contribution in [0.1, 0.15) is 29.3 Å². The second-order valence-electron chi connectivity index (χ2n) is 5.41. The zero-order valence-corrected chi connectivity index (χ0v) is 11.7. The molecule has 1 aromatic rings. The Balaban J connectivity index is 2.32. The zero-order valence-electron chi connectivity index (χ0n) is 11.7. The fraction of sp³-hybridized carbons (Fsp3) is 0.500. The molecule has 1 heterocycles. The molecular weight excluding hydrogens is 258 g/mol. The fourth-order valence-electron chi connectivity index (χ4n) is 2.59. The number of hydrogen-bond acceptors (Lipinski definition) is 4. The second kappa shape index (κ2) is 5.58. The lowest BCUT2D eigenvalue weighted by atomic mass is 9.93. The van der Waals surface area contributed by atoms with Crippen molar-refractivity contribution in [3.05, 3.63) is 39.4 Å². The molecule has 20 heavy (non-hydrogen) atoms. The molecule has 6 heteroatoms. The summed E-state index contributed by atoms with van der Waals surface area (Å²) in [5.74, 6) is -0.0654. The van der Waals surface area contributed by atoms with Gasteiger partial charge in [-0.1, -0.05) is 19.1 Å². The van der Waals surface area contributed by atoms with Crippen molar-refractivity contribution in [2.75, 3.05) is 13.1 Å². The minimum atomic E-state index is -0.501. The molecule has 0 radical (unpaired) electrons. The van der Waals surface area contributed by atoms with Gasteiger partial charge >= 0.3 is 0 Å². The molecule has 0 aliphatic carbocycles. The highest BCUT2D eigenvalue weighted by Crippen LogP contribution is 2.25. The van der Waals surface area contributed by atoms with Crippen LogP contribution in [-0.4, -0.2) is 34.9 Å². The molecule has 1 aromatic carbocycles. The number of piperidine rings is 1. The number of likely N-dealkylation sites (tertiary alicyclic amines) is 1. The quantitative estimate of drug-likeness (QED) is 0.658. The Kier molecular flexibility index (Phi) is 4.04.